The number of hydrogen-bond acceptors (Lipinski definition) is 3. The Morgan fingerprint density at radius 1 is 1.23 bits per heavy atom. The third kappa shape index (κ3) is 4.13. The van der Waals surface area contributed by atoms with Gasteiger partial charge in [0.25, 0.3) is 0 Å². The summed E-state index contributed by atoms with van der Waals surface area (Å²) in [6, 6.07) is 10.6. The molecule has 0 radical (unpaired) electrons. The Hall–Kier alpha value is -2.20. The first kappa shape index (κ1) is 18.6. The number of nitrogens with zero attached hydrogens (tertiary/aromatic N) is 2. The van der Waals surface area contributed by atoms with Crippen molar-refractivity contribution < 1.29 is 4.79 Å². The third-order valence-corrected chi connectivity index (χ3v) is 5.21. The molecule has 4 heteroatoms. The molecule has 0 saturated heterocycles. The topological polar surface area (TPSA) is 45.2 Å². The van der Waals surface area contributed by atoms with Gasteiger partial charge in [0.2, 0.25) is 5.91 Å². The molecular formula is C22H29N3O. The third-order valence-electron chi connectivity index (χ3n) is 5.21. The van der Waals surface area contributed by atoms with E-state index in [2.05, 4.69) is 49.3 Å². The Bertz CT molecular complexity index is 765. The van der Waals surface area contributed by atoms with Crippen LogP contribution in [0.1, 0.15) is 48.9 Å². The molecule has 0 saturated carbocycles. The fourth-order valence-electron chi connectivity index (χ4n) is 3.47. The molecule has 1 aromatic heterocycles. The van der Waals surface area contributed by atoms with Crippen LogP contribution < -0.4 is 5.32 Å². The van der Waals surface area contributed by atoms with E-state index in [-0.39, 0.29) is 17.2 Å². The number of carbonyl (C=O) groups is 1. The number of benzene rings is 1. The van der Waals surface area contributed by atoms with Crippen molar-refractivity contribution in [2.75, 3.05) is 20.1 Å². The van der Waals surface area contributed by atoms with Gasteiger partial charge < -0.3 is 10.2 Å². The highest BCUT2D eigenvalue weighted by Gasteiger charge is 2.29. The molecule has 1 aromatic carbocycles. The SMILES string of the molecule is CN(CCc1ccncc1)C(=O)C1CNCc2cc(C(C)(C)C)ccc21. The molecule has 138 valence electrons. The lowest BCUT2D eigenvalue weighted by Crippen LogP contribution is -2.40. The van der Waals surface area contributed by atoms with Crippen molar-refractivity contribution in [1.82, 2.24) is 15.2 Å². The second kappa shape index (κ2) is 7.58. The van der Waals surface area contributed by atoms with E-state index in [0.717, 1.165) is 19.5 Å². The number of aromatic nitrogens is 1. The summed E-state index contributed by atoms with van der Waals surface area (Å²) < 4.78 is 0. The second-order valence-corrected chi connectivity index (χ2v) is 8.21. The van der Waals surface area contributed by atoms with E-state index in [0.29, 0.717) is 6.54 Å². The monoisotopic (exact) mass is 351 g/mol. The maximum Gasteiger partial charge on any atom is 0.231 e. The average Bonchev–Trinajstić information content (AvgIpc) is 2.64. The van der Waals surface area contributed by atoms with E-state index in [1.54, 1.807) is 12.4 Å². The van der Waals surface area contributed by atoms with Crippen LogP contribution in [-0.4, -0.2) is 35.9 Å². The van der Waals surface area contributed by atoms with E-state index in [1.165, 1.54) is 22.3 Å². The van der Waals surface area contributed by atoms with Crippen molar-refractivity contribution >= 4 is 5.91 Å². The second-order valence-electron chi connectivity index (χ2n) is 8.21. The molecule has 1 amide bonds. The number of nitrogens with one attached hydrogen (secondary N) is 1. The first-order valence-corrected chi connectivity index (χ1v) is 9.34. The zero-order valence-electron chi connectivity index (χ0n) is 16.2. The summed E-state index contributed by atoms with van der Waals surface area (Å²) >= 11 is 0. The van der Waals surface area contributed by atoms with Crippen molar-refractivity contribution in [3.8, 4) is 0 Å². The molecule has 26 heavy (non-hydrogen) atoms. The lowest BCUT2D eigenvalue weighted by atomic mass is 9.82. The van der Waals surface area contributed by atoms with Crippen LogP contribution in [0.15, 0.2) is 42.7 Å². The predicted molar refractivity (Wildman–Crippen MR) is 105 cm³/mol. The van der Waals surface area contributed by atoms with Gasteiger partial charge in [-0.15, -0.1) is 0 Å². The Labute approximate surface area is 156 Å². The van der Waals surface area contributed by atoms with Crippen LogP contribution in [0.25, 0.3) is 0 Å². The van der Waals surface area contributed by atoms with Gasteiger partial charge in [0.1, 0.15) is 0 Å². The molecule has 1 aliphatic rings. The van der Waals surface area contributed by atoms with E-state index in [1.807, 2.05) is 24.1 Å². The van der Waals surface area contributed by atoms with Crippen LogP contribution in [0.3, 0.4) is 0 Å². The van der Waals surface area contributed by atoms with E-state index >= 15 is 0 Å². The number of carbonyl (C=O) groups excluding carboxylic acids is 1. The lowest BCUT2D eigenvalue weighted by molar-refractivity contribution is -0.131. The molecule has 0 bridgehead atoms. The van der Waals surface area contributed by atoms with Gasteiger partial charge >= 0.3 is 0 Å². The summed E-state index contributed by atoms with van der Waals surface area (Å²) in [5, 5.41) is 3.42. The highest BCUT2D eigenvalue weighted by atomic mass is 16.2. The number of likely N-dealkylation sites (N-methyl/N-ethyl adjacent to an activating group) is 1. The summed E-state index contributed by atoms with van der Waals surface area (Å²) in [4.78, 5) is 18.9. The summed E-state index contributed by atoms with van der Waals surface area (Å²) in [6.45, 7) is 8.93. The maximum atomic E-state index is 13.0. The van der Waals surface area contributed by atoms with Gasteiger partial charge in [-0.25, -0.2) is 0 Å². The largest absolute Gasteiger partial charge is 0.345 e. The van der Waals surface area contributed by atoms with Gasteiger partial charge in [0.05, 0.1) is 5.92 Å². The zero-order valence-corrected chi connectivity index (χ0v) is 16.2. The number of fused-ring (bicyclic) bond motifs is 1. The molecule has 1 aliphatic heterocycles. The molecule has 1 unspecified atom stereocenters. The number of pyridine rings is 1. The van der Waals surface area contributed by atoms with Gasteiger partial charge in [-0.2, -0.15) is 0 Å². The first-order valence-electron chi connectivity index (χ1n) is 9.34. The standard InChI is InChI=1S/C22H29N3O/c1-22(2,3)18-5-6-19-17(13-18)14-24-15-20(19)21(26)25(4)12-9-16-7-10-23-11-8-16/h5-8,10-11,13,20,24H,9,12,14-15H2,1-4H3. The van der Waals surface area contributed by atoms with Crippen LogP contribution in [0.4, 0.5) is 0 Å². The molecule has 3 rings (SSSR count). The minimum atomic E-state index is -0.102. The van der Waals surface area contributed by atoms with Crippen LogP contribution in [-0.2, 0) is 23.2 Å². The maximum absolute atomic E-state index is 13.0. The lowest BCUT2D eigenvalue weighted by Gasteiger charge is -2.31. The van der Waals surface area contributed by atoms with Crippen molar-refractivity contribution in [3.63, 3.8) is 0 Å². The zero-order chi connectivity index (χ0) is 18.7. The summed E-state index contributed by atoms with van der Waals surface area (Å²) in [5.41, 5.74) is 5.07. The van der Waals surface area contributed by atoms with Gasteiger partial charge in [0, 0.05) is 39.1 Å². The summed E-state index contributed by atoms with van der Waals surface area (Å²) in [5.74, 6) is 0.0891. The number of amides is 1. The highest BCUT2D eigenvalue weighted by Crippen LogP contribution is 2.30. The van der Waals surface area contributed by atoms with Crippen LogP contribution in [0, 0.1) is 0 Å². The van der Waals surface area contributed by atoms with Crippen molar-refractivity contribution in [2.45, 2.75) is 45.1 Å². The minimum Gasteiger partial charge on any atom is -0.345 e. The molecule has 2 aromatic rings. The molecule has 0 aliphatic carbocycles. The average molecular weight is 351 g/mol. The van der Waals surface area contributed by atoms with Crippen molar-refractivity contribution in [2.24, 2.45) is 0 Å². The smallest absolute Gasteiger partial charge is 0.231 e. The molecule has 1 atom stereocenters. The van der Waals surface area contributed by atoms with Gasteiger partial charge in [-0.1, -0.05) is 39.0 Å². The van der Waals surface area contributed by atoms with Crippen molar-refractivity contribution in [1.29, 1.82) is 0 Å². The molecule has 4 nitrogen and oxygen atoms in total. The molecule has 0 fully saturated rings. The summed E-state index contributed by atoms with van der Waals surface area (Å²) in [6.07, 6.45) is 4.44. The van der Waals surface area contributed by atoms with Gasteiger partial charge in [0.15, 0.2) is 0 Å². The Balaban J connectivity index is 1.73. The Morgan fingerprint density at radius 2 is 1.96 bits per heavy atom. The Kier molecular flexibility index (Phi) is 5.42. The number of rotatable bonds is 4. The van der Waals surface area contributed by atoms with E-state index in [4.69, 9.17) is 0 Å². The van der Waals surface area contributed by atoms with Gasteiger partial charge in [-0.3, -0.25) is 9.78 Å². The molecule has 1 N–H and O–H groups in total. The fourth-order valence-corrected chi connectivity index (χ4v) is 3.47. The Morgan fingerprint density at radius 3 is 2.65 bits per heavy atom. The molecule has 2 heterocycles. The summed E-state index contributed by atoms with van der Waals surface area (Å²) in [7, 11) is 1.90. The van der Waals surface area contributed by atoms with Crippen LogP contribution in [0.2, 0.25) is 0 Å². The highest BCUT2D eigenvalue weighted by molar-refractivity contribution is 5.84. The minimum absolute atomic E-state index is 0.102. The van der Waals surface area contributed by atoms with E-state index in [9.17, 15) is 4.79 Å². The van der Waals surface area contributed by atoms with Gasteiger partial charge in [-0.05, 0) is 46.2 Å². The van der Waals surface area contributed by atoms with Crippen molar-refractivity contribution in [3.05, 3.63) is 65.0 Å². The normalized spacial score (nSPS) is 16.8. The van der Waals surface area contributed by atoms with E-state index < -0.39 is 0 Å². The predicted octanol–water partition coefficient (Wildman–Crippen LogP) is 3.27. The van der Waals surface area contributed by atoms with Crippen LogP contribution in [0.5, 0.6) is 0 Å². The quantitative estimate of drug-likeness (QED) is 0.919. The number of hydrogen-bond donors (Lipinski definition) is 1. The van der Waals surface area contributed by atoms with Crippen LogP contribution >= 0.6 is 0 Å². The molecular weight excluding hydrogens is 322 g/mol. The molecule has 0 spiro atoms. The fraction of sp³-hybridized carbons (Fsp3) is 0.455. The first-order chi connectivity index (χ1) is 12.4.